The summed E-state index contributed by atoms with van der Waals surface area (Å²) in [6.45, 7) is 4.89. The third-order valence-electron chi connectivity index (χ3n) is 0.765. The van der Waals surface area contributed by atoms with Gasteiger partial charge in [-0.25, -0.2) is 9.59 Å². The van der Waals surface area contributed by atoms with Crippen molar-refractivity contribution in [2.75, 3.05) is 6.61 Å². The number of ether oxygens (including phenoxy) is 1. The molecule has 0 spiro atoms. The van der Waals surface area contributed by atoms with Crippen LogP contribution >= 0.6 is 0 Å². The molecule has 0 atom stereocenters. The Morgan fingerprint density at radius 2 is 2.17 bits per heavy atom. The van der Waals surface area contributed by atoms with Crippen LogP contribution in [0.5, 0.6) is 0 Å². The van der Waals surface area contributed by atoms with E-state index in [4.69, 9.17) is 5.73 Å². The van der Waals surface area contributed by atoms with E-state index < -0.39 is 12.1 Å². The molecule has 0 saturated heterocycles. The number of nitrogens with one attached hydrogen (secondary N) is 1. The molecule has 0 bridgehead atoms. The van der Waals surface area contributed by atoms with Gasteiger partial charge in [0.15, 0.2) is 0 Å². The fraction of sp³-hybridized carbons (Fsp3) is 0.333. The lowest BCUT2D eigenvalue weighted by Gasteiger charge is -2.03. The summed E-state index contributed by atoms with van der Waals surface area (Å²) in [6.07, 6.45) is -0.855. The van der Waals surface area contributed by atoms with Gasteiger partial charge in [0.25, 0.3) is 0 Å². The van der Waals surface area contributed by atoms with Gasteiger partial charge in [0.2, 0.25) is 0 Å². The first-order chi connectivity index (χ1) is 5.57. The highest BCUT2D eigenvalue weighted by atomic mass is 16.7. The monoisotopic (exact) mass is 174 g/mol. The van der Waals surface area contributed by atoms with Crippen molar-refractivity contribution in [3.63, 3.8) is 0 Å². The Kier molecular flexibility index (Phi) is 4.28. The minimum absolute atomic E-state index is 0.187. The minimum Gasteiger partial charge on any atom is -0.448 e. The molecule has 6 heteroatoms. The lowest BCUT2D eigenvalue weighted by molar-refractivity contribution is -0.145. The lowest BCUT2D eigenvalue weighted by Crippen LogP contribution is -2.29. The van der Waals surface area contributed by atoms with Gasteiger partial charge in [-0.05, 0) is 6.92 Å². The van der Waals surface area contributed by atoms with Crippen LogP contribution in [-0.2, 0) is 14.4 Å². The molecule has 0 aromatic heterocycles. The van der Waals surface area contributed by atoms with Crippen LogP contribution in [0.3, 0.4) is 0 Å². The van der Waals surface area contributed by atoms with Crippen molar-refractivity contribution in [1.82, 2.24) is 5.48 Å². The Hall–Kier alpha value is -1.72. The van der Waals surface area contributed by atoms with Gasteiger partial charge in [-0.1, -0.05) is 6.58 Å². The molecule has 0 aromatic carbocycles. The van der Waals surface area contributed by atoms with Crippen LogP contribution in [0, 0.1) is 0 Å². The zero-order valence-corrected chi connectivity index (χ0v) is 6.62. The smallest absolute Gasteiger partial charge is 0.440 e. The zero-order valence-electron chi connectivity index (χ0n) is 6.62. The predicted molar refractivity (Wildman–Crippen MR) is 39.6 cm³/mol. The molecule has 68 valence electrons. The number of carbonyl (C=O) groups excluding carboxylic acids is 2. The van der Waals surface area contributed by atoms with Gasteiger partial charge in [0.05, 0.1) is 6.61 Å². The summed E-state index contributed by atoms with van der Waals surface area (Å²) in [4.78, 5) is 25.2. The minimum atomic E-state index is -0.914. The third-order valence-corrected chi connectivity index (χ3v) is 0.765. The Bertz CT molecular complexity index is 202. The predicted octanol–water partition coefficient (Wildman–Crippen LogP) is -0.337. The molecule has 6 nitrogen and oxygen atoms in total. The van der Waals surface area contributed by atoms with Crippen molar-refractivity contribution in [3.05, 3.63) is 12.3 Å². The molecule has 1 amide bonds. The molecule has 0 unspecified atom stereocenters. The molecule has 0 aliphatic carbocycles. The highest BCUT2D eigenvalue weighted by Gasteiger charge is 2.07. The zero-order chi connectivity index (χ0) is 9.56. The molecule has 0 heterocycles. The van der Waals surface area contributed by atoms with Crippen LogP contribution in [0.15, 0.2) is 12.3 Å². The second kappa shape index (κ2) is 5.00. The highest BCUT2D eigenvalue weighted by Crippen LogP contribution is 1.83. The lowest BCUT2D eigenvalue weighted by atomic mass is 10.5. The van der Waals surface area contributed by atoms with E-state index in [9.17, 15) is 9.59 Å². The maximum Gasteiger partial charge on any atom is 0.440 e. The quantitative estimate of drug-likeness (QED) is 0.441. The Labute approximate surface area is 69.3 Å². The Morgan fingerprint density at radius 1 is 1.58 bits per heavy atom. The molecule has 0 rings (SSSR count). The molecule has 0 saturated carbocycles. The van der Waals surface area contributed by atoms with Crippen LogP contribution in [0.1, 0.15) is 6.92 Å². The number of rotatable bonds is 2. The van der Waals surface area contributed by atoms with Crippen LogP contribution in [-0.4, -0.2) is 18.7 Å². The van der Waals surface area contributed by atoms with Crippen molar-refractivity contribution >= 4 is 12.1 Å². The van der Waals surface area contributed by atoms with Crippen LogP contribution in [0.25, 0.3) is 0 Å². The van der Waals surface area contributed by atoms with Gasteiger partial charge in [-0.3, -0.25) is 0 Å². The summed E-state index contributed by atoms with van der Waals surface area (Å²) in [5.41, 5.74) is 6.35. The second-order valence-electron chi connectivity index (χ2n) is 1.74. The largest absolute Gasteiger partial charge is 0.448 e. The van der Waals surface area contributed by atoms with Gasteiger partial charge < -0.3 is 15.3 Å². The van der Waals surface area contributed by atoms with E-state index in [1.807, 2.05) is 0 Å². The first-order valence-corrected chi connectivity index (χ1v) is 3.16. The SMILES string of the molecule is C=C(N)C(=O)ONC(=O)OCC. The number of hydrogen-bond donors (Lipinski definition) is 2. The van der Waals surface area contributed by atoms with Gasteiger partial charge >= 0.3 is 12.1 Å². The van der Waals surface area contributed by atoms with Crippen molar-refractivity contribution < 1.29 is 19.2 Å². The number of nitrogens with two attached hydrogens (primary N) is 1. The summed E-state index contributed by atoms with van der Waals surface area (Å²) in [7, 11) is 0. The summed E-state index contributed by atoms with van der Waals surface area (Å²) >= 11 is 0. The average Bonchev–Trinajstić information content (AvgIpc) is 2.00. The van der Waals surface area contributed by atoms with Gasteiger partial charge in [-0.2, -0.15) is 0 Å². The fourth-order valence-corrected chi connectivity index (χ4v) is 0.314. The van der Waals surface area contributed by atoms with Crippen molar-refractivity contribution in [1.29, 1.82) is 0 Å². The summed E-state index contributed by atoms with van der Waals surface area (Å²) < 4.78 is 4.37. The Morgan fingerprint density at radius 3 is 2.58 bits per heavy atom. The molecule has 3 N–H and O–H groups in total. The van der Waals surface area contributed by atoms with Crippen molar-refractivity contribution in [2.45, 2.75) is 6.92 Å². The fourth-order valence-electron chi connectivity index (χ4n) is 0.314. The molecular weight excluding hydrogens is 164 g/mol. The molecule has 0 aromatic rings. The topological polar surface area (TPSA) is 90.7 Å². The van der Waals surface area contributed by atoms with Crippen LogP contribution < -0.4 is 11.2 Å². The standard InChI is InChI=1S/C6H10N2O4/c1-3-11-6(10)8-12-5(9)4(2)7/h2-3,7H2,1H3,(H,8,10). The number of hydroxylamine groups is 1. The first kappa shape index (κ1) is 10.3. The van der Waals surface area contributed by atoms with E-state index in [-0.39, 0.29) is 12.3 Å². The van der Waals surface area contributed by atoms with E-state index in [0.717, 1.165) is 0 Å². The molecule has 12 heavy (non-hydrogen) atoms. The molecule has 0 aliphatic heterocycles. The molecular formula is C6H10N2O4. The van der Waals surface area contributed by atoms with Gasteiger partial charge in [-0.15, -0.1) is 5.48 Å². The van der Waals surface area contributed by atoms with E-state index in [1.54, 1.807) is 12.4 Å². The average molecular weight is 174 g/mol. The highest BCUT2D eigenvalue weighted by molar-refractivity contribution is 5.87. The maximum absolute atomic E-state index is 10.5. The first-order valence-electron chi connectivity index (χ1n) is 3.16. The number of carbonyl (C=O) groups is 2. The van der Waals surface area contributed by atoms with Crippen LogP contribution in [0.2, 0.25) is 0 Å². The summed E-state index contributed by atoms with van der Waals surface area (Å²) in [5.74, 6) is -0.914. The van der Waals surface area contributed by atoms with E-state index in [2.05, 4.69) is 16.2 Å². The Balaban J connectivity index is 3.61. The van der Waals surface area contributed by atoms with E-state index >= 15 is 0 Å². The van der Waals surface area contributed by atoms with Gasteiger partial charge in [0.1, 0.15) is 5.70 Å². The summed E-state index contributed by atoms with van der Waals surface area (Å²) in [6, 6.07) is 0. The van der Waals surface area contributed by atoms with Crippen LogP contribution in [0.4, 0.5) is 4.79 Å². The second-order valence-corrected chi connectivity index (χ2v) is 1.74. The maximum atomic E-state index is 10.5. The normalized spacial score (nSPS) is 8.42. The van der Waals surface area contributed by atoms with Crippen molar-refractivity contribution in [3.8, 4) is 0 Å². The van der Waals surface area contributed by atoms with Gasteiger partial charge in [0, 0.05) is 0 Å². The van der Waals surface area contributed by atoms with Crippen molar-refractivity contribution in [2.24, 2.45) is 5.73 Å². The molecule has 0 fully saturated rings. The van der Waals surface area contributed by atoms with E-state index in [1.165, 1.54) is 0 Å². The summed E-state index contributed by atoms with van der Waals surface area (Å²) in [5, 5.41) is 0. The molecule has 0 aliphatic rings. The molecule has 0 radical (unpaired) electrons. The third kappa shape index (κ3) is 4.15. The number of amides is 1. The number of hydrogen-bond acceptors (Lipinski definition) is 5. The van der Waals surface area contributed by atoms with E-state index in [0.29, 0.717) is 0 Å².